The van der Waals surface area contributed by atoms with E-state index in [2.05, 4.69) is 24.1 Å². The first-order valence-electron chi connectivity index (χ1n) is 8.92. The van der Waals surface area contributed by atoms with Gasteiger partial charge in [0.25, 0.3) is 0 Å². The highest BCUT2D eigenvalue weighted by Crippen LogP contribution is 2.13. The Bertz CT molecular complexity index is 504. The Balaban J connectivity index is 1.69. The number of aryl methyl sites for hydroxylation is 1. The van der Waals surface area contributed by atoms with Crippen LogP contribution >= 0.6 is 0 Å². The van der Waals surface area contributed by atoms with Crippen LogP contribution in [0.2, 0.25) is 0 Å². The van der Waals surface area contributed by atoms with Crippen molar-refractivity contribution in [3.05, 3.63) is 29.8 Å². The topological polar surface area (TPSA) is 50.8 Å². The molecule has 1 amide bonds. The van der Waals surface area contributed by atoms with Gasteiger partial charge in [-0.1, -0.05) is 12.1 Å². The van der Waals surface area contributed by atoms with Crippen molar-refractivity contribution in [3.63, 3.8) is 0 Å². The van der Waals surface area contributed by atoms with E-state index >= 15 is 0 Å². The number of morpholine rings is 1. The third-order valence-corrected chi connectivity index (χ3v) is 4.45. The number of nitrogens with one attached hydrogen (secondary N) is 1. The monoisotopic (exact) mass is 334 g/mol. The molecular weight excluding hydrogens is 304 g/mol. The fourth-order valence-corrected chi connectivity index (χ4v) is 3.04. The number of carbonyl (C=O) groups excluding carboxylic acids is 1. The van der Waals surface area contributed by atoms with Gasteiger partial charge >= 0.3 is 0 Å². The first-order chi connectivity index (χ1) is 11.6. The number of nitrogens with zero attached hydrogens (tertiary/aromatic N) is 1. The Morgan fingerprint density at radius 2 is 2.17 bits per heavy atom. The third kappa shape index (κ3) is 5.80. The zero-order valence-corrected chi connectivity index (χ0v) is 15.1. The van der Waals surface area contributed by atoms with Crippen molar-refractivity contribution in [1.29, 1.82) is 0 Å². The van der Waals surface area contributed by atoms with Crippen LogP contribution in [0.15, 0.2) is 24.3 Å². The standard InChI is InChI=1S/C19H30N2O3/c1-4-24-18-8-5-17(6-9-18)7-10-19(22)20-13-15(2)21-11-12-23-14-16(21)3/h5-6,8-9,15-16H,4,7,10-14H2,1-3H3,(H,20,22). The molecule has 5 nitrogen and oxygen atoms in total. The molecule has 1 saturated heterocycles. The summed E-state index contributed by atoms with van der Waals surface area (Å²) < 4.78 is 10.9. The van der Waals surface area contributed by atoms with Crippen molar-refractivity contribution in [2.45, 2.75) is 45.7 Å². The van der Waals surface area contributed by atoms with Crippen molar-refractivity contribution in [2.75, 3.05) is 32.9 Å². The molecular formula is C19H30N2O3. The Hall–Kier alpha value is -1.59. The molecule has 0 bridgehead atoms. The number of amides is 1. The first-order valence-corrected chi connectivity index (χ1v) is 8.92. The molecule has 0 aromatic heterocycles. The smallest absolute Gasteiger partial charge is 0.220 e. The minimum atomic E-state index is 0.108. The molecule has 0 spiro atoms. The van der Waals surface area contributed by atoms with Crippen LogP contribution in [-0.2, 0) is 16.0 Å². The normalized spacial score (nSPS) is 19.7. The minimum absolute atomic E-state index is 0.108. The fraction of sp³-hybridized carbons (Fsp3) is 0.632. The summed E-state index contributed by atoms with van der Waals surface area (Å²) >= 11 is 0. The van der Waals surface area contributed by atoms with Gasteiger partial charge in [0.1, 0.15) is 5.75 Å². The van der Waals surface area contributed by atoms with Gasteiger partial charge in [-0.3, -0.25) is 9.69 Å². The average molecular weight is 334 g/mol. The summed E-state index contributed by atoms with van der Waals surface area (Å²) in [6, 6.07) is 8.71. The maximum absolute atomic E-state index is 12.1. The van der Waals surface area contributed by atoms with Crippen LogP contribution in [-0.4, -0.2) is 55.8 Å². The number of ether oxygens (including phenoxy) is 2. The zero-order valence-electron chi connectivity index (χ0n) is 15.1. The van der Waals surface area contributed by atoms with E-state index in [4.69, 9.17) is 9.47 Å². The molecule has 0 aliphatic carbocycles. The summed E-state index contributed by atoms with van der Waals surface area (Å²) in [7, 11) is 0. The number of benzene rings is 1. The molecule has 2 unspecified atom stereocenters. The summed E-state index contributed by atoms with van der Waals surface area (Å²) in [4.78, 5) is 14.5. The van der Waals surface area contributed by atoms with Crippen molar-refractivity contribution in [1.82, 2.24) is 10.2 Å². The molecule has 1 N–H and O–H groups in total. The van der Waals surface area contributed by atoms with Crippen LogP contribution in [0.3, 0.4) is 0 Å². The summed E-state index contributed by atoms with van der Waals surface area (Å²) in [6.07, 6.45) is 1.26. The van der Waals surface area contributed by atoms with E-state index in [1.165, 1.54) is 0 Å². The number of rotatable bonds is 8. The quantitative estimate of drug-likeness (QED) is 0.792. The maximum Gasteiger partial charge on any atom is 0.220 e. The summed E-state index contributed by atoms with van der Waals surface area (Å²) in [6.45, 7) is 10.1. The van der Waals surface area contributed by atoms with E-state index in [0.717, 1.165) is 37.5 Å². The van der Waals surface area contributed by atoms with Crippen molar-refractivity contribution < 1.29 is 14.3 Å². The molecule has 1 aromatic rings. The Labute approximate surface area is 145 Å². The lowest BCUT2D eigenvalue weighted by Crippen LogP contribution is -2.51. The van der Waals surface area contributed by atoms with Crippen LogP contribution in [0.4, 0.5) is 0 Å². The molecule has 1 heterocycles. The maximum atomic E-state index is 12.1. The van der Waals surface area contributed by atoms with E-state index < -0.39 is 0 Å². The largest absolute Gasteiger partial charge is 0.494 e. The molecule has 1 aliphatic heterocycles. The predicted octanol–water partition coefficient (Wildman–Crippen LogP) is 2.24. The molecule has 1 aromatic carbocycles. The SMILES string of the molecule is CCOc1ccc(CCC(=O)NCC(C)N2CCOCC2C)cc1. The number of hydrogen-bond donors (Lipinski definition) is 1. The van der Waals surface area contributed by atoms with Gasteiger partial charge in [-0.2, -0.15) is 0 Å². The highest BCUT2D eigenvalue weighted by atomic mass is 16.5. The second-order valence-corrected chi connectivity index (χ2v) is 6.39. The van der Waals surface area contributed by atoms with E-state index in [1.807, 2.05) is 31.2 Å². The van der Waals surface area contributed by atoms with E-state index in [9.17, 15) is 4.79 Å². The number of carbonyl (C=O) groups is 1. The van der Waals surface area contributed by atoms with Gasteiger partial charge in [0.05, 0.1) is 19.8 Å². The zero-order chi connectivity index (χ0) is 17.4. The summed E-state index contributed by atoms with van der Waals surface area (Å²) in [5.74, 6) is 0.982. The molecule has 2 atom stereocenters. The first kappa shape index (κ1) is 18.7. The van der Waals surface area contributed by atoms with Gasteiger partial charge in [0, 0.05) is 31.6 Å². The lowest BCUT2D eigenvalue weighted by molar-refractivity contribution is -0.121. The molecule has 134 valence electrons. The number of hydrogen-bond acceptors (Lipinski definition) is 4. The molecule has 0 saturated carbocycles. The Kier molecular flexibility index (Phi) is 7.53. The van der Waals surface area contributed by atoms with Gasteiger partial charge < -0.3 is 14.8 Å². The van der Waals surface area contributed by atoms with Gasteiger partial charge in [0.15, 0.2) is 0 Å². The molecule has 24 heavy (non-hydrogen) atoms. The van der Waals surface area contributed by atoms with E-state index in [1.54, 1.807) is 0 Å². The summed E-state index contributed by atoms with van der Waals surface area (Å²) in [5, 5.41) is 3.06. The van der Waals surface area contributed by atoms with Crippen LogP contribution in [0.1, 0.15) is 32.8 Å². The Morgan fingerprint density at radius 3 is 2.83 bits per heavy atom. The van der Waals surface area contributed by atoms with Gasteiger partial charge in [-0.05, 0) is 44.9 Å². The summed E-state index contributed by atoms with van der Waals surface area (Å²) in [5.41, 5.74) is 1.16. The van der Waals surface area contributed by atoms with Crippen molar-refractivity contribution >= 4 is 5.91 Å². The third-order valence-electron chi connectivity index (χ3n) is 4.45. The second kappa shape index (κ2) is 9.64. The minimum Gasteiger partial charge on any atom is -0.494 e. The molecule has 5 heteroatoms. The van der Waals surface area contributed by atoms with E-state index in [0.29, 0.717) is 31.7 Å². The van der Waals surface area contributed by atoms with Gasteiger partial charge in [-0.25, -0.2) is 0 Å². The Morgan fingerprint density at radius 1 is 1.42 bits per heavy atom. The van der Waals surface area contributed by atoms with Crippen molar-refractivity contribution in [2.24, 2.45) is 0 Å². The average Bonchev–Trinajstić information content (AvgIpc) is 2.60. The molecule has 2 rings (SSSR count). The van der Waals surface area contributed by atoms with Crippen LogP contribution < -0.4 is 10.1 Å². The predicted molar refractivity (Wildman–Crippen MR) is 95.4 cm³/mol. The highest BCUT2D eigenvalue weighted by Gasteiger charge is 2.23. The van der Waals surface area contributed by atoms with Gasteiger partial charge in [-0.15, -0.1) is 0 Å². The molecule has 1 aliphatic rings. The highest BCUT2D eigenvalue weighted by molar-refractivity contribution is 5.76. The van der Waals surface area contributed by atoms with Crippen LogP contribution in [0.25, 0.3) is 0 Å². The van der Waals surface area contributed by atoms with Crippen LogP contribution in [0, 0.1) is 0 Å². The fourth-order valence-electron chi connectivity index (χ4n) is 3.04. The van der Waals surface area contributed by atoms with Crippen molar-refractivity contribution in [3.8, 4) is 5.75 Å². The second-order valence-electron chi connectivity index (χ2n) is 6.39. The van der Waals surface area contributed by atoms with Gasteiger partial charge in [0.2, 0.25) is 5.91 Å². The molecule has 1 fully saturated rings. The molecule has 0 radical (unpaired) electrons. The van der Waals surface area contributed by atoms with E-state index in [-0.39, 0.29) is 5.91 Å². The lowest BCUT2D eigenvalue weighted by Gasteiger charge is -2.37. The van der Waals surface area contributed by atoms with Crippen LogP contribution in [0.5, 0.6) is 5.75 Å². The lowest BCUT2D eigenvalue weighted by atomic mass is 10.1.